The van der Waals surface area contributed by atoms with E-state index in [4.69, 9.17) is 4.42 Å². The first-order valence-corrected chi connectivity index (χ1v) is 4.35. The molecule has 0 saturated heterocycles. The fourth-order valence-corrected chi connectivity index (χ4v) is 1.23. The van der Waals surface area contributed by atoms with Gasteiger partial charge in [-0.3, -0.25) is 5.10 Å². The molecule has 2 rings (SSSR count). The number of furan rings is 1. The normalized spacial score (nSPS) is 11.7. The summed E-state index contributed by atoms with van der Waals surface area (Å²) in [7, 11) is 0. The van der Waals surface area contributed by atoms with Gasteiger partial charge in [-0.1, -0.05) is 0 Å². The molecule has 2 heterocycles. The Labute approximate surface area is 88.0 Å². The molecule has 0 aromatic carbocycles. The van der Waals surface area contributed by atoms with Crippen LogP contribution in [-0.2, 0) is 6.42 Å². The predicted molar refractivity (Wildman–Crippen MR) is 46.8 cm³/mol. The molecule has 0 amide bonds. The largest absolute Gasteiger partial charge is 0.573 e. The van der Waals surface area contributed by atoms with Crippen LogP contribution in [0.5, 0.6) is 5.75 Å². The van der Waals surface area contributed by atoms with Crippen LogP contribution >= 0.6 is 0 Å². The van der Waals surface area contributed by atoms with Crippen LogP contribution in [0.25, 0.3) is 0 Å². The zero-order chi connectivity index (χ0) is 11.6. The van der Waals surface area contributed by atoms with E-state index < -0.39 is 6.36 Å². The highest BCUT2D eigenvalue weighted by Gasteiger charge is 2.32. The second kappa shape index (κ2) is 3.92. The summed E-state index contributed by atoms with van der Waals surface area (Å²) in [5.41, 5.74) is 0.146. The highest BCUT2D eigenvalue weighted by atomic mass is 19.4. The lowest BCUT2D eigenvalue weighted by molar-refractivity contribution is -0.274. The molecular formula is C9H7F3N2O2. The molecule has 0 saturated carbocycles. The van der Waals surface area contributed by atoms with E-state index in [0.717, 1.165) is 6.20 Å². The van der Waals surface area contributed by atoms with Gasteiger partial charge in [0.05, 0.1) is 18.9 Å². The number of hydrogen-bond donors (Lipinski definition) is 1. The first kappa shape index (κ1) is 10.6. The number of H-pyrrole nitrogens is 1. The standard InChI is InChI=1S/C9H7F3N2O2/c10-9(11,12)16-8-5-13-14-7(8)4-6-2-1-3-15-6/h1-3,5H,4H2,(H,13,14). The van der Waals surface area contributed by atoms with Gasteiger partial charge in [-0.2, -0.15) is 5.10 Å². The maximum atomic E-state index is 12.0. The lowest BCUT2D eigenvalue weighted by atomic mass is 10.2. The van der Waals surface area contributed by atoms with Crippen molar-refractivity contribution in [1.82, 2.24) is 10.2 Å². The molecule has 2 aromatic rings. The predicted octanol–water partition coefficient (Wildman–Crippen LogP) is 2.49. The highest BCUT2D eigenvalue weighted by molar-refractivity contribution is 5.27. The van der Waals surface area contributed by atoms with Crippen LogP contribution in [-0.4, -0.2) is 16.6 Å². The molecule has 16 heavy (non-hydrogen) atoms. The van der Waals surface area contributed by atoms with Crippen molar-refractivity contribution in [2.75, 3.05) is 0 Å². The van der Waals surface area contributed by atoms with Crippen LogP contribution < -0.4 is 4.74 Å². The van der Waals surface area contributed by atoms with E-state index in [9.17, 15) is 13.2 Å². The van der Waals surface area contributed by atoms with Gasteiger partial charge in [0.1, 0.15) is 11.5 Å². The molecule has 0 fully saturated rings. The van der Waals surface area contributed by atoms with Gasteiger partial charge in [0, 0.05) is 0 Å². The number of nitrogens with one attached hydrogen (secondary N) is 1. The van der Waals surface area contributed by atoms with E-state index >= 15 is 0 Å². The zero-order valence-corrected chi connectivity index (χ0v) is 7.91. The number of alkyl halides is 3. The summed E-state index contributed by atoms with van der Waals surface area (Å²) in [5.74, 6) is 0.169. The Morgan fingerprint density at radius 3 is 2.88 bits per heavy atom. The topological polar surface area (TPSA) is 51.0 Å². The van der Waals surface area contributed by atoms with Gasteiger partial charge in [-0.15, -0.1) is 13.2 Å². The Balaban J connectivity index is 2.13. The lowest BCUT2D eigenvalue weighted by Crippen LogP contribution is -2.17. The summed E-state index contributed by atoms with van der Waals surface area (Å²) in [6.45, 7) is 0. The molecule has 0 atom stereocenters. The van der Waals surface area contributed by atoms with E-state index in [1.165, 1.54) is 6.26 Å². The smallest absolute Gasteiger partial charge is 0.469 e. The fourth-order valence-electron chi connectivity index (χ4n) is 1.23. The summed E-state index contributed by atoms with van der Waals surface area (Å²) < 4.78 is 44.8. The number of ether oxygens (including phenoxy) is 1. The third-order valence-electron chi connectivity index (χ3n) is 1.83. The summed E-state index contributed by atoms with van der Waals surface area (Å²) >= 11 is 0. The molecule has 0 unspecified atom stereocenters. The van der Waals surface area contributed by atoms with Crippen molar-refractivity contribution in [2.45, 2.75) is 12.8 Å². The molecule has 1 N–H and O–H groups in total. The fraction of sp³-hybridized carbons (Fsp3) is 0.222. The molecule has 7 heteroatoms. The van der Waals surface area contributed by atoms with E-state index in [1.54, 1.807) is 12.1 Å². The molecule has 0 spiro atoms. The highest BCUT2D eigenvalue weighted by Crippen LogP contribution is 2.26. The first-order chi connectivity index (χ1) is 7.54. The minimum absolute atomic E-state index is 0.141. The van der Waals surface area contributed by atoms with Crippen molar-refractivity contribution in [1.29, 1.82) is 0 Å². The van der Waals surface area contributed by atoms with Gasteiger partial charge in [0.25, 0.3) is 0 Å². The van der Waals surface area contributed by atoms with Gasteiger partial charge < -0.3 is 9.15 Å². The molecule has 4 nitrogen and oxygen atoms in total. The van der Waals surface area contributed by atoms with Crippen molar-refractivity contribution in [2.24, 2.45) is 0 Å². The Bertz CT molecular complexity index is 448. The Morgan fingerprint density at radius 2 is 2.25 bits per heavy atom. The van der Waals surface area contributed by atoms with Crippen LogP contribution in [0.15, 0.2) is 29.0 Å². The summed E-state index contributed by atoms with van der Waals surface area (Å²) in [6, 6.07) is 3.29. The van der Waals surface area contributed by atoms with Crippen molar-refractivity contribution in [3.05, 3.63) is 36.0 Å². The van der Waals surface area contributed by atoms with Gasteiger partial charge in [-0.25, -0.2) is 0 Å². The Kier molecular flexibility index (Phi) is 2.59. The van der Waals surface area contributed by atoms with Crippen molar-refractivity contribution in [3.8, 4) is 5.75 Å². The summed E-state index contributed by atoms with van der Waals surface area (Å²) in [5, 5.41) is 5.98. The average molecular weight is 232 g/mol. The van der Waals surface area contributed by atoms with Gasteiger partial charge in [0.15, 0.2) is 5.75 Å². The zero-order valence-electron chi connectivity index (χ0n) is 7.91. The number of hydrogen-bond acceptors (Lipinski definition) is 3. The van der Waals surface area contributed by atoms with E-state index in [0.29, 0.717) is 5.76 Å². The lowest BCUT2D eigenvalue weighted by Gasteiger charge is -2.07. The maximum Gasteiger partial charge on any atom is 0.573 e. The molecule has 86 valence electrons. The second-order valence-electron chi connectivity index (χ2n) is 3.00. The van der Waals surface area contributed by atoms with Crippen LogP contribution in [0.4, 0.5) is 13.2 Å². The van der Waals surface area contributed by atoms with Crippen LogP contribution in [0.1, 0.15) is 11.5 Å². The summed E-state index contributed by atoms with van der Waals surface area (Å²) in [4.78, 5) is 0. The average Bonchev–Trinajstić information content (AvgIpc) is 2.77. The quantitative estimate of drug-likeness (QED) is 0.884. The monoisotopic (exact) mass is 232 g/mol. The number of aromatic nitrogens is 2. The van der Waals surface area contributed by atoms with Gasteiger partial charge in [0.2, 0.25) is 0 Å². The Hall–Kier alpha value is -1.92. The number of halogens is 3. The summed E-state index contributed by atoms with van der Waals surface area (Å²) in [6.07, 6.45) is -2.10. The molecule has 2 aromatic heterocycles. The van der Waals surface area contributed by atoms with Crippen molar-refractivity contribution < 1.29 is 22.3 Å². The van der Waals surface area contributed by atoms with Gasteiger partial charge >= 0.3 is 6.36 Å². The van der Waals surface area contributed by atoms with Crippen LogP contribution in [0.3, 0.4) is 0 Å². The minimum Gasteiger partial charge on any atom is -0.469 e. The molecule has 0 aliphatic rings. The molecule has 0 aliphatic carbocycles. The SMILES string of the molecule is FC(F)(F)Oc1c[nH]nc1Cc1ccco1. The third-order valence-corrected chi connectivity index (χ3v) is 1.83. The van der Waals surface area contributed by atoms with Crippen LogP contribution in [0, 0.1) is 0 Å². The molecule has 0 radical (unpaired) electrons. The number of rotatable bonds is 3. The molecule has 0 aliphatic heterocycles. The maximum absolute atomic E-state index is 12.0. The van der Waals surface area contributed by atoms with E-state index in [-0.39, 0.29) is 17.9 Å². The van der Waals surface area contributed by atoms with Crippen molar-refractivity contribution in [3.63, 3.8) is 0 Å². The third kappa shape index (κ3) is 2.56. The van der Waals surface area contributed by atoms with Crippen LogP contribution in [0.2, 0.25) is 0 Å². The number of aromatic amines is 1. The Morgan fingerprint density at radius 1 is 1.44 bits per heavy atom. The van der Waals surface area contributed by atoms with E-state index in [2.05, 4.69) is 14.9 Å². The molecular weight excluding hydrogens is 225 g/mol. The minimum atomic E-state index is -4.72. The van der Waals surface area contributed by atoms with Gasteiger partial charge in [-0.05, 0) is 12.1 Å². The first-order valence-electron chi connectivity index (χ1n) is 4.35. The second-order valence-corrected chi connectivity index (χ2v) is 3.00. The number of nitrogens with zero attached hydrogens (tertiary/aromatic N) is 1. The van der Waals surface area contributed by atoms with Crippen molar-refractivity contribution >= 4 is 0 Å². The van der Waals surface area contributed by atoms with E-state index in [1.807, 2.05) is 0 Å². The molecule has 0 bridgehead atoms.